The Labute approximate surface area is 156 Å². The molecule has 0 spiro atoms. The molecule has 0 unspecified atom stereocenters. The molecule has 27 heavy (non-hydrogen) atoms. The SMILES string of the molecule is Cc1c(OC[C@H]2C[C@@H]2c2cc(F)ccc2F)ccn2c(CC3CC3)nnc12. The van der Waals surface area contributed by atoms with Crippen LogP contribution in [0.15, 0.2) is 30.5 Å². The number of hydrogen-bond donors (Lipinski definition) is 0. The molecule has 0 amide bonds. The summed E-state index contributed by atoms with van der Waals surface area (Å²) in [7, 11) is 0. The Kier molecular flexibility index (Phi) is 3.88. The van der Waals surface area contributed by atoms with Crippen molar-refractivity contribution in [3.8, 4) is 5.75 Å². The molecule has 2 aromatic heterocycles. The summed E-state index contributed by atoms with van der Waals surface area (Å²) >= 11 is 0. The smallest absolute Gasteiger partial charge is 0.167 e. The van der Waals surface area contributed by atoms with E-state index < -0.39 is 5.82 Å². The van der Waals surface area contributed by atoms with Crippen LogP contribution >= 0.6 is 0 Å². The standard InChI is InChI=1S/C21H21F2N3O/c1-12-19(6-7-26-20(8-13-2-3-13)24-25-21(12)26)27-11-14-9-16(14)17-10-15(22)4-5-18(17)23/h4-7,10,13-14,16H,2-3,8-9,11H2,1H3/t14-,16+/m1/s1. The summed E-state index contributed by atoms with van der Waals surface area (Å²) < 4.78 is 35.3. The zero-order valence-electron chi connectivity index (χ0n) is 15.2. The molecule has 2 fully saturated rings. The molecule has 140 valence electrons. The molecule has 3 aromatic rings. The number of halogens is 2. The Bertz CT molecular complexity index is 1010. The Morgan fingerprint density at radius 1 is 1.19 bits per heavy atom. The van der Waals surface area contributed by atoms with Crippen LogP contribution in [0.4, 0.5) is 8.78 Å². The maximum atomic E-state index is 13.9. The lowest BCUT2D eigenvalue weighted by Crippen LogP contribution is -2.04. The first-order chi connectivity index (χ1) is 13.1. The second-order valence-electron chi connectivity index (χ2n) is 7.84. The lowest BCUT2D eigenvalue weighted by Gasteiger charge is -2.10. The van der Waals surface area contributed by atoms with Crippen LogP contribution in [-0.2, 0) is 6.42 Å². The van der Waals surface area contributed by atoms with Crippen molar-refractivity contribution in [2.24, 2.45) is 11.8 Å². The monoisotopic (exact) mass is 369 g/mol. The van der Waals surface area contributed by atoms with Gasteiger partial charge in [0.05, 0.1) is 6.61 Å². The highest BCUT2D eigenvalue weighted by Crippen LogP contribution is 2.48. The number of hydrogen-bond acceptors (Lipinski definition) is 3. The minimum atomic E-state index is -0.395. The second kappa shape index (κ2) is 6.29. The van der Waals surface area contributed by atoms with Crippen molar-refractivity contribution in [1.82, 2.24) is 14.6 Å². The van der Waals surface area contributed by atoms with E-state index in [1.54, 1.807) is 0 Å². The minimum absolute atomic E-state index is 0.0305. The zero-order valence-corrected chi connectivity index (χ0v) is 15.2. The first-order valence-corrected chi connectivity index (χ1v) is 9.51. The topological polar surface area (TPSA) is 39.4 Å². The molecule has 5 rings (SSSR count). The number of fused-ring (bicyclic) bond motifs is 1. The largest absolute Gasteiger partial charge is 0.493 e. The molecular formula is C21H21F2N3O. The predicted octanol–water partition coefficient (Wildman–Crippen LogP) is 4.45. The number of aryl methyl sites for hydroxylation is 1. The molecule has 0 saturated heterocycles. The Hall–Kier alpha value is -2.50. The third-order valence-electron chi connectivity index (χ3n) is 5.75. The summed E-state index contributed by atoms with van der Waals surface area (Å²) in [6.07, 6.45) is 6.32. The third-order valence-corrected chi connectivity index (χ3v) is 5.75. The highest BCUT2D eigenvalue weighted by atomic mass is 19.1. The van der Waals surface area contributed by atoms with E-state index in [0.29, 0.717) is 12.2 Å². The van der Waals surface area contributed by atoms with Gasteiger partial charge in [-0.05, 0) is 67.9 Å². The molecule has 0 N–H and O–H groups in total. The van der Waals surface area contributed by atoms with E-state index in [9.17, 15) is 8.78 Å². The summed E-state index contributed by atoms with van der Waals surface area (Å²) in [5, 5.41) is 8.66. The molecule has 2 saturated carbocycles. The number of aromatic nitrogens is 3. The van der Waals surface area contributed by atoms with Crippen LogP contribution in [0.1, 0.15) is 42.1 Å². The molecule has 1 aromatic carbocycles. The summed E-state index contributed by atoms with van der Waals surface area (Å²) in [6.45, 7) is 2.47. The Morgan fingerprint density at radius 3 is 2.85 bits per heavy atom. The Morgan fingerprint density at radius 2 is 2.04 bits per heavy atom. The first kappa shape index (κ1) is 16.7. The van der Waals surface area contributed by atoms with E-state index in [1.165, 1.54) is 25.0 Å². The fourth-order valence-electron chi connectivity index (χ4n) is 3.80. The van der Waals surface area contributed by atoms with E-state index in [-0.39, 0.29) is 17.7 Å². The van der Waals surface area contributed by atoms with Gasteiger partial charge < -0.3 is 4.74 Å². The normalized spacial score (nSPS) is 21.6. The van der Waals surface area contributed by atoms with Gasteiger partial charge in [-0.3, -0.25) is 4.40 Å². The fourth-order valence-corrected chi connectivity index (χ4v) is 3.80. The first-order valence-electron chi connectivity index (χ1n) is 9.51. The van der Waals surface area contributed by atoms with Gasteiger partial charge in [-0.2, -0.15) is 0 Å². The van der Waals surface area contributed by atoms with Crippen LogP contribution in [0.3, 0.4) is 0 Å². The van der Waals surface area contributed by atoms with Gasteiger partial charge in [-0.25, -0.2) is 8.78 Å². The van der Waals surface area contributed by atoms with Crippen molar-refractivity contribution in [2.45, 2.75) is 38.5 Å². The van der Waals surface area contributed by atoms with Crippen molar-refractivity contribution in [3.63, 3.8) is 0 Å². The molecular weight excluding hydrogens is 348 g/mol. The third kappa shape index (κ3) is 3.17. The van der Waals surface area contributed by atoms with Crippen molar-refractivity contribution in [1.29, 1.82) is 0 Å². The van der Waals surface area contributed by atoms with Gasteiger partial charge in [0.2, 0.25) is 0 Å². The van der Waals surface area contributed by atoms with Crippen molar-refractivity contribution >= 4 is 5.65 Å². The molecule has 2 aliphatic rings. The highest BCUT2D eigenvalue weighted by Gasteiger charge is 2.40. The maximum Gasteiger partial charge on any atom is 0.167 e. The molecule has 2 heterocycles. The molecule has 6 heteroatoms. The quantitative estimate of drug-likeness (QED) is 0.644. The van der Waals surface area contributed by atoms with Crippen molar-refractivity contribution < 1.29 is 13.5 Å². The zero-order chi connectivity index (χ0) is 18.5. The summed E-state index contributed by atoms with van der Waals surface area (Å²) in [5.74, 6) is 2.04. The lowest BCUT2D eigenvalue weighted by molar-refractivity contribution is 0.294. The minimum Gasteiger partial charge on any atom is -0.493 e. The highest BCUT2D eigenvalue weighted by molar-refractivity contribution is 5.54. The van der Waals surface area contributed by atoms with Gasteiger partial charge in [0.15, 0.2) is 5.65 Å². The molecule has 0 aliphatic heterocycles. The van der Waals surface area contributed by atoms with Crippen LogP contribution in [0, 0.1) is 30.4 Å². The number of pyridine rings is 1. The van der Waals surface area contributed by atoms with Crippen LogP contribution < -0.4 is 4.74 Å². The van der Waals surface area contributed by atoms with Gasteiger partial charge in [-0.15, -0.1) is 10.2 Å². The molecule has 0 radical (unpaired) electrons. The van der Waals surface area contributed by atoms with E-state index >= 15 is 0 Å². The average Bonchev–Trinajstić information content (AvgIpc) is 3.56. The number of rotatable bonds is 6. The lowest BCUT2D eigenvalue weighted by atomic mass is 10.1. The second-order valence-corrected chi connectivity index (χ2v) is 7.84. The molecule has 4 nitrogen and oxygen atoms in total. The van der Waals surface area contributed by atoms with Crippen LogP contribution in [0.25, 0.3) is 5.65 Å². The van der Waals surface area contributed by atoms with Crippen LogP contribution in [0.5, 0.6) is 5.75 Å². The predicted molar refractivity (Wildman–Crippen MR) is 96.9 cm³/mol. The number of nitrogens with zero attached hydrogens (tertiary/aromatic N) is 3. The molecule has 2 atom stereocenters. The van der Waals surface area contributed by atoms with Crippen molar-refractivity contribution in [2.75, 3.05) is 6.61 Å². The van der Waals surface area contributed by atoms with Gasteiger partial charge in [-0.1, -0.05) is 0 Å². The Balaban J connectivity index is 1.28. The van der Waals surface area contributed by atoms with Gasteiger partial charge in [0.25, 0.3) is 0 Å². The number of ether oxygens (including phenoxy) is 1. The fraction of sp³-hybridized carbons (Fsp3) is 0.429. The van der Waals surface area contributed by atoms with E-state index in [2.05, 4.69) is 10.2 Å². The van der Waals surface area contributed by atoms with E-state index in [0.717, 1.165) is 47.6 Å². The molecule has 0 bridgehead atoms. The number of benzene rings is 1. The summed E-state index contributed by atoms with van der Waals surface area (Å²) in [4.78, 5) is 0. The van der Waals surface area contributed by atoms with Crippen LogP contribution in [0.2, 0.25) is 0 Å². The van der Waals surface area contributed by atoms with Gasteiger partial charge in [0.1, 0.15) is 23.2 Å². The van der Waals surface area contributed by atoms with Crippen molar-refractivity contribution in [3.05, 3.63) is 59.0 Å². The summed E-state index contributed by atoms with van der Waals surface area (Å²) in [6, 6.07) is 5.60. The van der Waals surface area contributed by atoms with Crippen LogP contribution in [-0.4, -0.2) is 21.2 Å². The maximum absolute atomic E-state index is 13.9. The van der Waals surface area contributed by atoms with Gasteiger partial charge >= 0.3 is 0 Å². The average molecular weight is 369 g/mol. The molecule has 2 aliphatic carbocycles. The van der Waals surface area contributed by atoms with E-state index in [1.807, 2.05) is 23.6 Å². The van der Waals surface area contributed by atoms with Gasteiger partial charge in [0, 0.05) is 24.1 Å². The summed E-state index contributed by atoms with van der Waals surface area (Å²) in [5.41, 5.74) is 2.24. The van der Waals surface area contributed by atoms with E-state index in [4.69, 9.17) is 4.74 Å².